The Hall–Kier alpha value is -1.11. The number of nitrogens with zero attached hydrogens (tertiary/aromatic N) is 1. The van der Waals surface area contributed by atoms with Gasteiger partial charge in [-0.1, -0.05) is 19.9 Å². The summed E-state index contributed by atoms with van der Waals surface area (Å²) in [5.41, 5.74) is 7.42. The molecule has 1 unspecified atom stereocenters. The van der Waals surface area contributed by atoms with Gasteiger partial charge >= 0.3 is 0 Å². The summed E-state index contributed by atoms with van der Waals surface area (Å²) in [4.78, 5) is 2.52. The minimum absolute atomic E-state index is 0.0178. The average molecular weight is 311 g/mol. The highest BCUT2D eigenvalue weighted by molar-refractivity contribution is 7.89. The van der Waals surface area contributed by atoms with Crippen molar-refractivity contribution in [2.75, 3.05) is 25.4 Å². The summed E-state index contributed by atoms with van der Waals surface area (Å²) in [6.45, 7) is 6.88. The van der Waals surface area contributed by atoms with Crippen LogP contribution in [0, 0.1) is 0 Å². The Morgan fingerprint density at radius 2 is 2.14 bits per heavy atom. The maximum Gasteiger partial charge on any atom is 0.240 e. The van der Waals surface area contributed by atoms with Crippen molar-refractivity contribution < 1.29 is 8.42 Å². The molecule has 1 aromatic carbocycles. The minimum Gasteiger partial charge on any atom is -0.398 e. The second-order valence-corrected chi connectivity index (χ2v) is 7.28. The number of piperidine rings is 1. The Kier molecular flexibility index (Phi) is 5.24. The van der Waals surface area contributed by atoms with Crippen LogP contribution in [0.5, 0.6) is 0 Å². The van der Waals surface area contributed by atoms with E-state index in [4.69, 9.17) is 5.73 Å². The zero-order chi connectivity index (χ0) is 15.5. The molecular formula is C15H25N3O2S. The molecule has 1 heterocycles. The molecule has 1 saturated heterocycles. The number of hydrogen-bond donors (Lipinski definition) is 2. The second-order valence-electron chi connectivity index (χ2n) is 5.57. The lowest BCUT2D eigenvalue weighted by Gasteiger charge is -2.32. The molecule has 3 N–H and O–H groups in total. The quantitative estimate of drug-likeness (QED) is 0.810. The third-order valence-electron chi connectivity index (χ3n) is 4.08. The first kappa shape index (κ1) is 16.3. The van der Waals surface area contributed by atoms with E-state index in [0.717, 1.165) is 44.5 Å². The Labute approximate surface area is 127 Å². The van der Waals surface area contributed by atoms with Crippen molar-refractivity contribution in [1.29, 1.82) is 0 Å². The Morgan fingerprint density at radius 1 is 1.38 bits per heavy atom. The third-order valence-corrected chi connectivity index (χ3v) is 5.60. The smallest absolute Gasteiger partial charge is 0.240 e. The van der Waals surface area contributed by atoms with Crippen molar-refractivity contribution in [3.05, 3.63) is 23.8 Å². The van der Waals surface area contributed by atoms with Crippen molar-refractivity contribution in [2.45, 2.75) is 44.0 Å². The van der Waals surface area contributed by atoms with Crippen LogP contribution < -0.4 is 10.5 Å². The van der Waals surface area contributed by atoms with Crippen LogP contribution in [-0.4, -0.2) is 39.0 Å². The number of rotatable bonds is 5. The number of sulfonamides is 1. The van der Waals surface area contributed by atoms with Crippen LogP contribution >= 0.6 is 0 Å². The molecular weight excluding hydrogens is 286 g/mol. The maximum atomic E-state index is 12.5. The van der Waals surface area contributed by atoms with Gasteiger partial charge in [-0.15, -0.1) is 0 Å². The fraction of sp³-hybridized carbons (Fsp3) is 0.600. The summed E-state index contributed by atoms with van der Waals surface area (Å²) < 4.78 is 27.7. The number of likely N-dealkylation sites (tertiary alicyclic amines) is 1. The van der Waals surface area contributed by atoms with Gasteiger partial charge < -0.3 is 10.6 Å². The molecule has 6 heteroatoms. The molecule has 1 aliphatic rings. The van der Waals surface area contributed by atoms with Crippen molar-refractivity contribution >= 4 is 15.7 Å². The molecule has 0 aliphatic carbocycles. The van der Waals surface area contributed by atoms with Gasteiger partial charge in [0.05, 0.1) is 4.90 Å². The normalized spacial score (nSPS) is 20.6. The fourth-order valence-electron chi connectivity index (χ4n) is 2.79. The predicted molar refractivity (Wildman–Crippen MR) is 85.7 cm³/mol. The van der Waals surface area contributed by atoms with Gasteiger partial charge in [-0.05, 0) is 50.0 Å². The zero-order valence-electron chi connectivity index (χ0n) is 12.8. The molecule has 0 aromatic heterocycles. The van der Waals surface area contributed by atoms with Crippen LogP contribution in [0.15, 0.2) is 23.1 Å². The van der Waals surface area contributed by atoms with Gasteiger partial charge in [-0.3, -0.25) is 0 Å². The molecule has 1 aromatic rings. The summed E-state index contributed by atoms with van der Waals surface area (Å²) in [5.74, 6) is 0. The van der Waals surface area contributed by atoms with Crippen LogP contribution in [0.2, 0.25) is 0 Å². The molecule has 1 aliphatic heterocycles. The summed E-state index contributed by atoms with van der Waals surface area (Å²) in [7, 11) is -3.50. The van der Waals surface area contributed by atoms with Crippen molar-refractivity contribution in [3.63, 3.8) is 0 Å². The SMILES string of the molecule is CCc1ccc(S(=O)(=O)NC2CCCN(CC)C2)cc1N. The van der Waals surface area contributed by atoms with E-state index in [-0.39, 0.29) is 10.9 Å². The summed E-state index contributed by atoms with van der Waals surface area (Å²) in [5, 5.41) is 0. The first-order valence-electron chi connectivity index (χ1n) is 7.59. The molecule has 0 amide bonds. The van der Waals surface area contributed by atoms with E-state index >= 15 is 0 Å². The Balaban J connectivity index is 2.13. The molecule has 5 nitrogen and oxygen atoms in total. The van der Waals surface area contributed by atoms with E-state index in [0.29, 0.717) is 5.69 Å². The van der Waals surface area contributed by atoms with E-state index in [2.05, 4.69) is 16.5 Å². The number of aryl methyl sites for hydroxylation is 1. The number of hydrogen-bond acceptors (Lipinski definition) is 4. The van der Waals surface area contributed by atoms with Crippen LogP contribution in [0.3, 0.4) is 0 Å². The van der Waals surface area contributed by atoms with E-state index in [1.54, 1.807) is 18.2 Å². The minimum atomic E-state index is -3.50. The monoisotopic (exact) mass is 311 g/mol. The largest absolute Gasteiger partial charge is 0.398 e. The molecule has 118 valence electrons. The molecule has 0 saturated carbocycles. The number of benzene rings is 1. The molecule has 1 atom stereocenters. The van der Waals surface area contributed by atoms with Crippen molar-refractivity contribution in [3.8, 4) is 0 Å². The lowest BCUT2D eigenvalue weighted by molar-refractivity contribution is 0.211. The van der Waals surface area contributed by atoms with E-state index in [1.165, 1.54) is 0 Å². The maximum absolute atomic E-state index is 12.5. The highest BCUT2D eigenvalue weighted by atomic mass is 32.2. The number of nitrogen functional groups attached to an aromatic ring is 1. The third kappa shape index (κ3) is 3.96. The van der Waals surface area contributed by atoms with Gasteiger partial charge in [0, 0.05) is 18.3 Å². The van der Waals surface area contributed by atoms with Gasteiger partial charge in [0.15, 0.2) is 0 Å². The zero-order valence-corrected chi connectivity index (χ0v) is 13.6. The predicted octanol–water partition coefficient (Wildman–Crippen LogP) is 1.59. The lowest BCUT2D eigenvalue weighted by Crippen LogP contribution is -2.47. The molecule has 0 radical (unpaired) electrons. The van der Waals surface area contributed by atoms with Crippen molar-refractivity contribution in [2.24, 2.45) is 0 Å². The van der Waals surface area contributed by atoms with Gasteiger partial charge in [-0.2, -0.15) is 0 Å². The van der Waals surface area contributed by atoms with Crippen LogP contribution in [0.25, 0.3) is 0 Å². The highest BCUT2D eigenvalue weighted by Crippen LogP contribution is 2.20. The molecule has 0 spiro atoms. The molecule has 1 fully saturated rings. The topological polar surface area (TPSA) is 75.4 Å². The molecule has 21 heavy (non-hydrogen) atoms. The summed E-state index contributed by atoms with van der Waals surface area (Å²) >= 11 is 0. The first-order valence-corrected chi connectivity index (χ1v) is 9.07. The number of nitrogens with one attached hydrogen (secondary N) is 1. The summed E-state index contributed by atoms with van der Waals surface area (Å²) in [6, 6.07) is 4.97. The van der Waals surface area contributed by atoms with Crippen LogP contribution in [-0.2, 0) is 16.4 Å². The fourth-order valence-corrected chi connectivity index (χ4v) is 4.09. The van der Waals surface area contributed by atoms with E-state index in [9.17, 15) is 8.42 Å². The van der Waals surface area contributed by atoms with E-state index in [1.807, 2.05) is 6.92 Å². The number of nitrogens with two attached hydrogens (primary N) is 1. The second kappa shape index (κ2) is 6.77. The average Bonchev–Trinajstić information content (AvgIpc) is 2.47. The Morgan fingerprint density at radius 3 is 2.76 bits per heavy atom. The lowest BCUT2D eigenvalue weighted by atomic mass is 10.1. The van der Waals surface area contributed by atoms with Gasteiger partial charge in [-0.25, -0.2) is 13.1 Å². The summed E-state index contributed by atoms with van der Waals surface area (Å²) in [6.07, 6.45) is 2.71. The van der Waals surface area contributed by atoms with Crippen LogP contribution in [0.1, 0.15) is 32.3 Å². The van der Waals surface area contributed by atoms with E-state index < -0.39 is 10.0 Å². The molecule has 2 rings (SSSR count). The standard InChI is InChI=1S/C15H25N3O2S/c1-3-12-7-8-14(10-15(12)16)21(19,20)17-13-6-5-9-18(4-2)11-13/h7-8,10,13,17H,3-6,9,11,16H2,1-2H3. The Bertz CT molecular complexity index is 587. The van der Waals surface area contributed by atoms with Gasteiger partial charge in [0.25, 0.3) is 0 Å². The van der Waals surface area contributed by atoms with Gasteiger partial charge in [0.1, 0.15) is 0 Å². The molecule has 0 bridgehead atoms. The first-order chi connectivity index (χ1) is 9.96. The van der Waals surface area contributed by atoms with Crippen molar-refractivity contribution in [1.82, 2.24) is 9.62 Å². The van der Waals surface area contributed by atoms with Gasteiger partial charge in [0.2, 0.25) is 10.0 Å². The number of likely N-dealkylation sites (N-methyl/N-ethyl adjacent to an activating group) is 1. The number of anilines is 1. The van der Waals surface area contributed by atoms with Crippen LogP contribution in [0.4, 0.5) is 5.69 Å². The highest BCUT2D eigenvalue weighted by Gasteiger charge is 2.24.